The Morgan fingerprint density at radius 2 is 1.88 bits per heavy atom. The van der Waals surface area contributed by atoms with E-state index in [9.17, 15) is 14.9 Å². The van der Waals surface area contributed by atoms with Gasteiger partial charge < -0.3 is 19.5 Å². The molecule has 2 aromatic carbocycles. The minimum atomic E-state index is -0.448. The Labute approximate surface area is 199 Å². The van der Waals surface area contributed by atoms with Crippen molar-refractivity contribution < 1.29 is 14.5 Å². The van der Waals surface area contributed by atoms with E-state index in [0.717, 1.165) is 42.7 Å². The molecule has 1 fully saturated rings. The first-order valence-electron chi connectivity index (χ1n) is 11.6. The molecule has 0 atom stereocenters. The number of hydrogen-bond donors (Lipinski definition) is 1. The molecule has 4 rings (SSSR count). The average Bonchev–Trinajstić information content (AvgIpc) is 3.29. The molecule has 34 heavy (non-hydrogen) atoms. The van der Waals surface area contributed by atoms with E-state index in [1.165, 1.54) is 18.6 Å². The Kier molecular flexibility index (Phi) is 7.47. The molecule has 0 radical (unpaired) electrons. The summed E-state index contributed by atoms with van der Waals surface area (Å²) in [6, 6.07) is 18.0. The molecular formula is C26H30N4O4. The van der Waals surface area contributed by atoms with E-state index in [4.69, 9.17) is 4.74 Å². The van der Waals surface area contributed by atoms with Crippen molar-refractivity contribution in [3.05, 3.63) is 88.2 Å². The summed E-state index contributed by atoms with van der Waals surface area (Å²) in [5.74, 6) is 0.817. The third-order valence-corrected chi connectivity index (χ3v) is 6.35. The topological polar surface area (TPSA) is 89.6 Å². The van der Waals surface area contributed by atoms with Gasteiger partial charge in [-0.25, -0.2) is 4.79 Å². The molecule has 1 N–H and O–H groups in total. The fourth-order valence-corrected chi connectivity index (χ4v) is 4.51. The molecule has 0 unspecified atom stereocenters. The number of non-ortho nitro benzene ring substituents is 1. The van der Waals surface area contributed by atoms with Crippen LogP contribution < -0.4 is 10.1 Å². The molecule has 0 bridgehead atoms. The van der Waals surface area contributed by atoms with Crippen molar-refractivity contribution in [2.24, 2.45) is 0 Å². The van der Waals surface area contributed by atoms with Crippen molar-refractivity contribution in [1.29, 1.82) is 0 Å². The molecule has 1 aromatic heterocycles. The number of amides is 2. The number of nitro groups is 1. The molecule has 178 valence electrons. The Morgan fingerprint density at radius 3 is 2.59 bits per heavy atom. The molecular weight excluding hydrogens is 432 g/mol. The van der Waals surface area contributed by atoms with Crippen LogP contribution in [0.3, 0.4) is 0 Å². The highest BCUT2D eigenvalue weighted by molar-refractivity contribution is 5.89. The van der Waals surface area contributed by atoms with E-state index in [2.05, 4.69) is 22.0 Å². The molecule has 1 aliphatic rings. The number of nitrogens with one attached hydrogen (secondary N) is 1. The van der Waals surface area contributed by atoms with E-state index in [1.807, 2.05) is 35.4 Å². The zero-order valence-electron chi connectivity index (χ0n) is 19.4. The van der Waals surface area contributed by atoms with Gasteiger partial charge in [0.2, 0.25) is 0 Å². The molecule has 8 heteroatoms. The standard InChI is InChI=1S/C26H30N4O4/c1-34-25-11-5-7-20(17-25)18-28-16-6-10-24(28)19-29(22-8-3-2-4-9-22)26(31)27-21-12-14-23(15-13-21)30(32)33/h5-7,10-17,22H,2-4,8-9,18-19H2,1H3,(H,27,31). The van der Waals surface area contributed by atoms with Crippen molar-refractivity contribution in [1.82, 2.24) is 9.47 Å². The predicted molar refractivity (Wildman–Crippen MR) is 131 cm³/mol. The summed E-state index contributed by atoms with van der Waals surface area (Å²) in [5, 5.41) is 13.9. The van der Waals surface area contributed by atoms with Crippen molar-refractivity contribution in [3.8, 4) is 5.75 Å². The van der Waals surface area contributed by atoms with E-state index in [0.29, 0.717) is 18.8 Å². The molecule has 0 saturated heterocycles. The highest BCUT2D eigenvalue weighted by atomic mass is 16.6. The summed E-state index contributed by atoms with van der Waals surface area (Å²) >= 11 is 0. The van der Waals surface area contributed by atoms with Crippen LogP contribution in [0.15, 0.2) is 66.9 Å². The lowest BCUT2D eigenvalue weighted by Gasteiger charge is -2.34. The fourth-order valence-electron chi connectivity index (χ4n) is 4.51. The normalized spacial score (nSPS) is 13.9. The number of aromatic nitrogens is 1. The fraction of sp³-hybridized carbons (Fsp3) is 0.346. The Hall–Kier alpha value is -3.81. The number of anilines is 1. The summed E-state index contributed by atoms with van der Waals surface area (Å²) in [7, 11) is 1.66. The third-order valence-electron chi connectivity index (χ3n) is 6.35. The minimum absolute atomic E-state index is 0.00231. The number of hydrogen-bond acceptors (Lipinski definition) is 4. The van der Waals surface area contributed by atoms with Crippen LogP contribution in [-0.2, 0) is 13.1 Å². The van der Waals surface area contributed by atoms with Crippen molar-refractivity contribution in [2.75, 3.05) is 12.4 Å². The van der Waals surface area contributed by atoms with Crippen LogP contribution in [0.4, 0.5) is 16.2 Å². The highest BCUT2D eigenvalue weighted by Crippen LogP contribution is 2.26. The lowest BCUT2D eigenvalue weighted by atomic mass is 9.94. The molecule has 0 aliphatic heterocycles. The van der Waals surface area contributed by atoms with E-state index >= 15 is 0 Å². The number of nitrogens with zero attached hydrogens (tertiary/aromatic N) is 3. The van der Waals surface area contributed by atoms with Gasteiger partial charge in [0.15, 0.2) is 0 Å². The minimum Gasteiger partial charge on any atom is -0.497 e. The van der Waals surface area contributed by atoms with Crippen LogP contribution in [0.1, 0.15) is 43.4 Å². The van der Waals surface area contributed by atoms with Crippen LogP contribution >= 0.6 is 0 Å². The molecule has 8 nitrogen and oxygen atoms in total. The van der Waals surface area contributed by atoms with Crippen LogP contribution in [0.5, 0.6) is 5.75 Å². The molecule has 0 spiro atoms. The van der Waals surface area contributed by atoms with Crippen molar-refractivity contribution in [2.45, 2.75) is 51.2 Å². The smallest absolute Gasteiger partial charge is 0.322 e. The second kappa shape index (κ2) is 10.9. The summed E-state index contributed by atoms with van der Waals surface area (Å²) in [6.07, 6.45) is 7.39. The summed E-state index contributed by atoms with van der Waals surface area (Å²) in [4.78, 5) is 25.8. The zero-order chi connectivity index (χ0) is 23.9. The second-order valence-corrected chi connectivity index (χ2v) is 8.63. The quantitative estimate of drug-likeness (QED) is 0.337. The summed E-state index contributed by atoms with van der Waals surface area (Å²) < 4.78 is 7.51. The average molecular weight is 463 g/mol. The van der Waals surface area contributed by atoms with Crippen molar-refractivity contribution in [3.63, 3.8) is 0 Å². The molecule has 3 aromatic rings. The second-order valence-electron chi connectivity index (χ2n) is 8.63. The van der Waals surface area contributed by atoms with Gasteiger partial charge in [-0.3, -0.25) is 10.1 Å². The lowest BCUT2D eigenvalue weighted by Crippen LogP contribution is -2.43. The first kappa shape index (κ1) is 23.4. The van der Waals surface area contributed by atoms with Gasteiger partial charge in [-0.2, -0.15) is 0 Å². The molecule has 1 saturated carbocycles. The third kappa shape index (κ3) is 5.75. The monoisotopic (exact) mass is 462 g/mol. The maximum absolute atomic E-state index is 13.4. The van der Waals surface area contributed by atoms with Gasteiger partial charge in [-0.15, -0.1) is 0 Å². The maximum Gasteiger partial charge on any atom is 0.322 e. The van der Waals surface area contributed by atoms with E-state index in [1.54, 1.807) is 19.2 Å². The predicted octanol–water partition coefficient (Wildman–Crippen LogP) is 5.82. The van der Waals surface area contributed by atoms with Crippen LogP contribution in [-0.4, -0.2) is 33.6 Å². The Balaban J connectivity index is 1.52. The molecule has 1 aliphatic carbocycles. The number of rotatable bonds is 8. The van der Waals surface area contributed by atoms with E-state index < -0.39 is 4.92 Å². The number of carbonyl (C=O) groups excluding carboxylic acids is 1. The van der Waals surface area contributed by atoms with Gasteiger partial charge in [0.1, 0.15) is 5.75 Å². The molecule has 1 heterocycles. The van der Waals surface area contributed by atoms with Gasteiger partial charge in [0.25, 0.3) is 5.69 Å². The first-order chi connectivity index (χ1) is 16.5. The SMILES string of the molecule is COc1cccc(Cn2cccc2CN(C(=O)Nc2ccc([N+](=O)[O-])cc2)C2CCCCC2)c1. The van der Waals surface area contributed by atoms with Gasteiger partial charge in [0, 0.05) is 42.3 Å². The Morgan fingerprint density at radius 1 is 1.12 bits per heavy atom. The lowest BCUT2D eigenvalue weighted by molar-refractivity contribution is -0.384. The van der Waals surface area contributed by atoms with Gasteiger partial charge >= 0.3 is 6.03 Å². The number of methoxy groups -OCH3 is 1. The number of ether oxygens (including phenoxy) is 1. The maximum atomic E-state index is 13.4. The number of nitro benzene ring substituents is 1. The zero-order valence-corrected chi connectivity index (χ0v) is 19.4. The van der Waals surface area contributed by atoms with Crippen LogP contribution in [0.25, 0.3) is 0 Å². The highest BCUT2D eigenvalue weighted by Gasteiger charge is 2.26. The van der Waals surface area contributed by atoms with Gasteiger partial charge in [-0.05, 0) is 54.8 Å². The Bertz CT molecular complexity index is 1120. The van der Waals surface area contributed by atoms with Gasteiger partial charge in [0.05, 0.1) is 18.6 Å². The van der Waals surface area contributed by atoms with Crippen LogP contribution in [0, 0.1) is 10.1 Å². The van der Waals surface area contributed by atoms with E-state index in [-0.39, 0.29) is 17.8 Å². The number of urea groups is 1. The van der Waals surface area contributed by atoms with Crippen LogP contribution in [0.2, 0.25) is 0 Å². The number of benzene rings is 2. The molecule has 2 amide bonds. The first-order valence-corrected chi connectivity index (χ1v) is 11.6. The summed E-state index contributed by atoms with van der Waals surface area (Å²) in [6.45, 7) is 1.17. The number of carbonyl (C=O) groups is 1. The largest absolute Gasteiger partial charge is 0.497 e. The van der Waals surface area contributed by atoms with Gasteiger partial charge in [-0.1, -0.05) is 31.4 Å². The summed E-state index contributed by atoms with van der Waals surface area (Å²) in [5.41, 5.74) is 2.71. The van der Waals surface area contributed by atoms with Crippen molar-refractivity contribution >= 4 is 17.4 Å².